The minimum absolute atomic E-state index is 0.0173. The Balaban J connectivity index is 1.47. The molecule has 44 heavy (non-hydrogen) atoms. The fourth-order valence-electron chi connectivity index (χ4n) is 6.05. The summed E-state index contributed by atoms with van der Waals surface area (Å²) in [6.07, 6.45) is -0.492. The molecular weight excluding hydrogens is 616 g/mol. The third-order valence-electron chi connectivity index (χ3n) is 8.04. The zero-order chi connectivity index (χ0) is 33.0. The van der Waals surface area contributed by atoms with Crippen molar-refractivity contribution in [2.75, 3.05) is 11.9 Å². The molecule has 0 aromatic heterocycles. The molecule has 1 saturated heterocycles. The minimum atomic E-state index is -2.04. The predicted molar refractivity (Wildman–Crippen MR) is 146 cm³/mol. The topological polar surface area (TPSA) is 324 Å². The summed E-state index contributed by atoms with van der Waals surface area (Å²) < 4.78 is 0. The molecule has 4 unspecified atom stereocenters. The molecule has 16 N–H and O–H groups in total. The van der Waals surface area contributed by atoms with Crippen molar-refractivity contribution in [1.82, 2.24) is 5.32 Å². The number of aliphatic hydroxyl groups is 2. The van der Waals surface area contributed by atoms with Gasteiger partial charge in [-0.25, -0.2) is 4.79 Å². The number of benzene rings is 3. The maximum Gasteiger partial charge on any atom is 0.343 e. The summed E-state index contributed by atoms with van der Waals surface area (Å²) >= 11 is 6.07. The van der Waals surface area contributed by atoms with Crippen molar-refractivity contribution >= 4 is 23.3 Å². The van der Waals surface area contributed by atoms with Crippen molar-refractivity contribution in [3.8, 4) is 74.4 Å². The third kappa shape index (κ3) is 3.87. The SMILES string of the molecule is CC1c2c(Cl)c(O)c(O)c(O)c2C1C1(O)CC(O)(CNc2c(O)c(O)c(O)c(-c3c(O)c(O)c(O)c(C(=O)O)c3O)c2O)N1. The smallest absolute Gasteiger partial charge is 0.343 e. The first-order valence-corrected chi connectivity index (χ1v) is 12.8. The molecule has 0 bridgehead atoms. The first-order valence-electron chi connectivity index (χ1n) is 12.5. The molecule has 1 heterocycles. The van der Waals surface area contributed by atoms with Gasteiger partial charge in [0.1, 0.15) is 28.5 Å². The van der Waals surface area contributed by atoms with E-state index in [1.807, 2.05) is 0 Å². The molecule has 1 fully saturated rings. The zero-order valence-corrected chi connectivity index (χ0v) is 22.9. The summed E-state index contributed by atoms with van der Waals surface area (Å²) in [7, 11) is 0. The third-order valence-corrected chi connectivity index (χ3v) is 8.43. The Kier molecular flexibility index (Phi) is 6.52. The summed E-state index contributed by atoms with van der Waals surface area (Å²) in [6.45, 7) is 0.920. The van der Waals surface area contributed by atoms with Crippen molar-refractivity contribution in [3.63, 3.8) is 0 Å². The van der Waals surface area contributed by atoms with Crippen molar-refractivity contribution in [2.45, 2.75) is 36.6 Å². The van der Waals surface area contributed by atoms with Crippen LogP contribution >= 0.6 is 11.6 Å². The highest BCUT2D eigenvalue weighted by Gasteiger charge is 2.62. The number of hydrogen-bond acceptors (Lipinski definition) is 16. The normalized spacial score (nSPS) is 23.8. The summed E-state index contributed by atoms with van der Waals surface area (Å²) in [5.41, 5.74) is -8.18. The molecular formula is C26H25ClN2O15. The van der Waals surface area contributed by atoms with Crippen LogP contribution in [-0.4, -0.2) is 95.5 Å². The van der Waals surface area contributed by atoms with Crippen LogP contribution in [0.5, 0.6) is 63.2 Å². The lowest BCUT2D eigenvalue weighted by Crippen LogP contribution is -2.77. The van der Waals surface area contributed by atoms with E-state index in [1.54, 1.807) is 6.92 Å². The molecule has 3 aromatic rings. The van der Waals surface area contributed by atoms with Crippen LogP contribution in [0.3, 0.4) is 0 Å². The summed E-state index contributed by atoms with van der Waals surface area (Å²) in [5, 5.41) is 149. The van der Waals surface area contributed by atoms with Crippen LogP contribution < -0.4 is 10.6 Å². The molecule has 236 valence electrons. The number of aromatic carboxylic acids is 1. The minimum Gasteiger partial charge on any atom is -0.506 e. The van der Waals surface area contributed by atoms with Crippen LogP contribution in [0.2, 0.25) is 5.02 Å². The Hall–Kier alpha value is -5.10. The Morgan fingerprint density at radius 1 is 0.750 bits per heavy atom. The number of fused-ring (bicyclic) bond motifs is 1. The van der Waals surface area contributed by atoms with E-state index in [-0.39, 0.29) is 16.1 Å². The van der Waals surface area contributed by atoms with Gasteiger partial charge in [0, 0.05) is 17.9 Å². The highest BCUT2D eigenvalue weighted by molar-refractivity contribution is 6.33. The van der Waals surface area contributed by atoms with E-state index >= 15 is 0 Å². The molecule has 0 saturated carbocycles. The monoisotopic (exact) mass is 640 g/mol. The van der Waals surface area contributed by atoms with Gasteiger partial charge >= 0.3 is 5.97 Å². The Morgan fingerprint density at radius 3 is 1.80 bits per heavy atom. The molecule has 2 aliphatic rings. The lowest BCUT2D eigenvalue weighted by molar-refractivity contribution is -0.227. The van der Waals surface area contributed by atoms with Crippen LogP contribution in [0, 0.1) is 0 Å². The van der Waals surface area contributed by atoms with E-state index in [1.165, 1.54) is 0 Å². The number of hydrogen-bond donors (Lipinski definition) is 16. The van der Waals surface area contributed by atoms with Gasteiger partial charge in [0.2, 0.25) is 17.2 Å². The van der Waals surface area contributed by atoms with Crippen LogP contribution in [0.15, 0.2) is 0 Å². The van der Waals surface area contributed by atoms with E-state index < -0.39 is 128 Å². The lowest BCUT2D eigenvalue weighted by Gasteiger charge is -2.59. The Bertz CT molecular complexity index is 1790. The second kappa shape index (κ2) is 9.45. The lowest BCUT2D eigenvalue weighted by atomic mass is 9.59. The fraction of sp³-hybridized carbons (Fsp3) is 0.269. The number of rotatable bonds is 6. The number of carboxylic acid groups (broad SMARTS) is 1. The van der Waals surface area contributed by atoms with Crippen LogP contribution in [-0.2, 0) is 0 Å². The van der Waals surface area contributed by atoms with Gasteiger partial charge in [-0.3, -0.25) is 5.32 Å². The van der Waals surface area contributed by atoms with Gasteiger partial charge in [0.15, 0.2) is 40.2 Å². The predicted octanol–water partition coefficient (Wildman–Crippen LogP) is 1.15. The van der Waals surface area contributed by atoms with Crippen molar-refractivity contribution < 1.29 is 76.3 Å². The Morgan fingerprint density at radius 2 is 1.25 bits per heavy atom. The first kappa shape index (κ1) is 30.4. The number of carboxylic acids is 1. The van der Waals surface area contributed by atoms with Crippen LogP contribution in [0.25, 0.3) is 11.1 Å². The fourth-order valence-corrected chi connectivity index (χ4v) is 6.41. The van der Waals surface area contributed by atoms with Gasteiger partial charge < -0.3 is 76.8 Å². The van der Waals surface area contributed by atoms with Crippen molar-refractivity contribution in [2.24, 2.45) is 0 Å². The molecule has 18 heteroatoms. The second-order valence-corrected chi connectivity index (χ2v) is 11.0. The number of anilines is 1. The largest absolute Gasteiger partial charge is 0.506 e. The molecule has 1 aliphatic carbocycles. The Labute approximate surface area is 249 Å². The number of phenolic OH excluding ortho intramolecular Hbond substituents is 9. The maximum absolute atomic E-state index is 11.5. The highest BCUT2D eigenvalue weighted by atomic mass is 35.5. The van der Waals surface area contributed by atoms with Gasteiger partial charge in [-0.2, -0.15) is 0 Å². The average molecular weight is 641 g/mol. The van der Waals surface area contributed by atoms with Crippen molar-refractivity contribution in [3.05, 3.63) is 21.7 Å². The molecule has 0 spiro atoms. The maximum atomic E-state index is 11.5. The molecule has 17 nitrogen and oxygen atoms in total. The van der Waals surface area contributed by atoms with Gasteiger partial charge in [-0.15, -0.1) is 0 Å². The van der Waals surface area contributed by atoms with E-state index in [0.29, 0.717) is 0 Å². The van der Waals surface area contributed by atoms with Crippen molar-refractivity contribution in [1.29, 1.82) is 0 Å². The summed E-state index contributed by atoms with van der Waals surface area (Å²) in [4.78, 5) is 11.5. The van der Waals surface area contributed by atoms with Crippen LogP contribution in [0.4, 0.5) is 5.69 Å². The summed E-state index contributed by atoms with van der Waals surface area (Å²) in [5.74, 6) is -17.0. The quantitative estimate of drug-likeness (QED) is 0.133. The first-order chi connectivity index (χ1) is 20.3. The average Bonchev–Trinajstić information content (AvgIpc) is 2.92. The van der Waals surface area contributed by atoms with Gasteiger partial charge in [-0.1, -0.05) is 18.5 Å². The van der Waals surface area contributed by atoms with E-state index in [4.69, 9.17) is 11.6 Å². The molecule has 0 amide bonds. The standard InChI is InChI=1S/C26H25ClN2O15/c1-4-5-6(15(32)22(39)19(36)11(5)27)10(4)26(44)2-25(43,29-26)3-28-12-14(31)8(17(34)23(40)20(12)37)7-13(30)9(24(41)42)18(35)21(38)16(7)33/h4,10,28-40,43-44H,2-3H2,1H3,(H,41,42). The number of nitrogens with one attached hydrogen (secondary N) is 2. The van der Waals surface area contributed by atoms with E-state index in [0.717, 1.165) is 0 Å². The number of carbonyl (C=O) groups is 1. The highest BCUT2D eigenvalue weighted by Crippen LogP contribution is 2.65. The van der Waals surface area contributed by atoms with Gasteiger partial charge in [0.25, 0.3) is 0 Å². The molecule has 4 atom stereocenters. The number of halogens is 1. The summed E-state index contributed by atoms with van der Waals surface area (Å²) in [6, 6.07) is 0. The zero-order valence-electron chi connectivity index (χ0n) is 22.1. The second-order valence-electron chi connectivity index (χ2n) is 10.7. The van der Waals surface area contributed by atoms with Crippen LogP contribution in [0.1, 0.15) is 46.7 Å². The van der Waals surface area contributed by atoms with Gasteiger partial charge in [0.05, 0.1) is 22.7 Å². The molecule has 5 rings (SSSR count). The number of aromatic hydroxyl groups is 11. The van der Waals surface area contributed by atoms with E-state index in [9.17, 15) is 76.3 Å². The molecule has 3 aromatic carbocycles. The van der Waals surface area contributed by atoms with Gasteiger partial charge in [-0.05, 0) is 11.5 Å². The molecule has 0 radical (unpaired) electrons. The van der Waals surface area contributed by atoms with E-state index in [2.05, 4.69) is 10.6 Å². The molecule has 1 aliphatic heterocycles. The number of phenols is 11.